The van der Waals surface area contributed by atoms with Gasteiger partial charge in [-0.3, -0.25) is 14.3 Å². The first-order valence-corrected chi connectivity index (χ1v) is 10.9. The van der Waals surface area contributed by atoms with Crippen LogP contribution in [0.1, 0.15) is 24.8 Å². The lowest BCUT2D eigenvalue weighted by atomic mass is 10.1. The van der Waals surface area contributed by atoms with E-state index < -0.39 is 15.9 Å². The fraction of sp³-hybridized carbons (Fsp3) is 0.333. The zero-order valence-electron chi connectivity index (χ0n) is 14.6. The normalized spacial score (nSPS) is 15.1. The monoisotopic (exact) mass is 407 g/mol. The predicted octanol–water partition coefficient (Wildman–Crippen LogP) is 1.86. The molecule has 2 amide bonds. The van der Waals surface area contributed by atoms with E-state index in [4.69, 9.17) is 5.73 Å². The number of sulfonamides is 1. The molecule has 1 heterocycles. The molecule has 4 N–H and O–H groups in total. The standard InChI is InChI=1S/C18H21N3O4S2/c19-16(22)11-15(13-5-6-13)20-17(23)10-12-3-7-14(8-4-12)21-27(24,25)18-2-1-9-26-18/h1-4,7-9,13,15,21H,5-6,10-11H2,(H2,19,22)(H,20,23). The van der Waals surface area contributed by atoms with Crippen molar-refractivity contribution >= 4 is 38.9 Å². The number of nitrogens with two attached hydrogens (primary N) is 1. The molecule has 1 fully saturated rings. The third-order valence-corrected chi connectivity index (χ3v) is 7.07. The molecule has 7 nitrogen and oxygen atoms in total. The summed E-state index contributed by atoms with van der Waals surface area (Å²) in [5.74, 6) is -0.273. The van der Waals surface area contributed by atoms with Crippen LogP contribution in [-0.2, 0) is 26.0 Å². The lowest BCUT2D eigenvalue weighted by Gasteiger charge is -2.16. The number of primary amides is 1. The average Bonchev–Trinajstić information content (AvgIpc) is 3.28. The van der Waals surface area contributed by atoms with Gasteiger partial charge < -0.3 is 11.1 Å². The van der Waals surface area contributed by atoms with Gasteiger partial charge in [-0.25, -0.2) is 8.42 Å². The number of nitrogens with one attached hydrogen (secondary N) is 2. The van der Waals surface area contributed by atoms with Crippen molar-refractivity contribution < 1.29 is 18.0 Å². The van der Waals surface area contributed by atoms with Crippen LogP contribution in [0.4, 0.5) is 5.69 Å². The van der Waals surface area contributed by atoms with E-state index in [1.54, 1.807) is 35.7 Å². The Balaban J connectivity index is 1.57. The molecule has 27 heavy (non-hydrogen) atoms. The van der Waals surface area contributed by atoms with Crippen LogP contribution >= 0.6 is 11.3 Å². The molecule has 1 aromatic heterocycles. The summed E-state index contributed by atoms with van der Waals surface area (Å²) in [5, 5.41) is 4.58. The van der Waals surface area contributed by atoms with E-state index >= 15 is 0 Å². The Bertz CT molecular complexity index is 905. The second-order valence-corrected chi connectivity index (χ2v) is 9.45. The van der Waals surface area contributed by atoms with E-state index in [1.807, 2.05) is 0 Å². The van der Waals surface area contributed by atoms with Gasteiger partial charge in [0.05, 0.1) is 6.42 Å². The molecule has 1 atom stereocenters. The summed E-state index contributed by atoms with van der Waals surface area (Å²) in [6.45, 7) is 0. The smallest absolute Gasteiger partial charge is 0.271 e. The molecule has 1 saturated carbocycles. The van der Waals surface area contributed by atoms with E-state index in [-0.39, 0.29) is 29.0 Å². The van der Waals surface area contributed by atoms with Crippen LogP contribution in [0.25, 0.3) is 0 Å². The highest BCUT2D eigenvalue weighted by Crippen LogP contribution is 2.34. The summed E-state index contributed by atoms with van der Waals surface area (Å²) in [6, 6.07) is 9.65. The summed E-state index contributed by atoms with van der Waals surface area (Å²) in [4.78, 5) is 23.4. The number of carbonyl (C=O) groups is 2. The fourth-order valence-electron chi connectivity index (χ4n) is 2.81. The zero-order chi connectivity index (χ0) is 19.4. The number of hydrogen-bond donors (Lipinski definition) is 3. The summed E-state index contributed by atoms with van der Waals surface area (Å²) in [7, 11) is -3.59. The second kappa shape index (κ2) is 8.10. The predicted molar refractivity (Wildman–Crippen MR) is 104 cm³/mol. The number of benzene rings is 1. The highest BCUT2D eigenvalue weighted by atomic mass is 32.2. The summed E-state index contributed by atoms with van der Waals surface area (Å²) in [5.41, 5.74) is 6.42. The van der Waals surface area contributed by atoms with Gasteiger partial charge in [0.1, 0.15) is 4.21 Å². The van der Waals surface area contributed by atoms with Gasteiger partial charge >= 0.3 is 0 Å². The second-order valence-electron chi connectivity index (χ2n) is 6.59. The SMILES string of the molecule is NC(=O)CC(NC(=O)Cc1ccc(NS(=O)(=O)c2cccs2)cc1)C1CC1. The van der Waals surface area contributed by atoms with E-state index in [2.05, 4.69) is 10.0 Å². The van der Waals surface area contributed by atoms with E-state index in [1.165, 1.54) is 6.07 Å². The first kappa shape index (κ1) is 19.4. The third kappa shape index (κ3) is 5.54. The van der Waals surface area contributed by atoms with Crippen LogP contribution in [0.5, 0.6) is 0 Å². The quantitative estimate of drug-likeness (QED) is 0.588. The lowest BCUT2D eigenvalue weighted by molar-refractivity contribution is -0.122. The molecule has 0 radical (unpaired) electrons. The van der Waals surface area contributed by atoms with Gasteiger partial charge in [-0.2, -0.15) is 0 Å². The molecule has 144 valence electrons. The van der Waals surface area contributed by atoms with Crippen molar-refractivity contribution in [3.05, 3.63) is 47.3 Å². The Hall–Kier alpha value is -2.39. The molecule has 0 bridgehead atoms. The van der Waals surface area contributed by atoms with Gasteiger partial charge in [-0.1, -0.05) is 18.2 Å². The van der Waals surface area contributed by atoms with Gasteiger partial charge in [-0.15, -0.1) is 11.3 Å². The number of hydrogen-bond acceptors (Lipinski definition) is 5. The van der Waals surface area contributed by atoms with Crippen molar-refractivity contribution in [1.82, 2.24) is 5.32 Å². The van der Waals surface area contributed by atoms with Crippen molar-refractivity contribution in [3.8, 4) is 0 Å². The van der Waals surface area contributed by atoms with Crippen molar-refractivity contribution in [1.29, 1.82) is 0 Å². The zero-order valence-corrected chi connectivity index (χ0v) is 16.2. The largest absolute Gasteiger partial charge is 0.370 e. The van der Waals surface area contributed by atoms with Crippen molar-refractivity contribution in [3.63, 3.8) is 0 Å². The average molecular weight is 408 g/mol. The molecule has 0 spiro atoms. The van der Waals surface area contributed by atoms with Gasteiger partial charge in [-0.05, 0) is 47.9 Å². The number of anilines is 1. The molecule has 3 rings (SSSR count). The first-order valence-electron chi connectivity index (χ1n) is 8.56. The van der Waals surface area contributed by atoms with E-state index in [9.17, 15) is 18.0 Å². The Kier molecular flexibility index (Phi) is 5.81. The molecule has 9 heteroatoms. The maximum atomic E-state index is 12.2. The van der Waals surface area contributed by atoms with Crippen LogP contribution in [-0.4, -0.2) is 26.3 Å². The number of rotatable bonds is 9. The maximum absolute atomic E-state index is 12.2. The Morgan fingerprint density at radius 1 is 1.19 bits per heavy atom. The molecule has 1 unspecified atom stereocenters. The van der Waals surface area contributed by atoms with Gasteiger partial charge in [0.15, 0.2) is 0 Å². The van der Waals surface area contributed by atoms with Crippen molar-refractivity contribution in [2.75, 3.05) is 4.72 Å². The molecule has 0 saturated heterocycles. The third-order valence-electron chi connectivity index (χ3n) is 4.29. The van der Waals surface area contributed by atoms with Crippen LogP contribution in [0, 0.1) is 5.92 Å². The van der Waals surface area contributed by atoms with Gasteiger partial charge in [0, 0.05) is 18.2 Å². The number of amides is 2. The van der Waals surface area contributed by atoms with Crippen molar-refractivity contribution in [2.45, 2.75) is 35.9 Å². The molecular formula is C18H21N3O4S2. The Labute approximate surface area is 162 Å². The summed E-state index contributed by atoms with van der Waals surface area (Å²) < 4.78 is 27.2. The molecular weight excluding hydrogens is 386 g/mol. The van der Waals surface area contributed by atoms with Crippen LogP contribution in [0.2, 0.25) is 0 Å². The van der Waals surface area contributed by atoms with E-state index in [0.29, 0.717) is 11.6 Å². The minimum absolute atomic E-state index is 0.153. The highest BCUT2D eigenvalue weighted by Gasteiger charge is 2.33. The van der Waals surface area contributed by atoms with Gasteiger partial charge in [0.2, 0.25) is 11.8 Å². The number of carbonyl (C=O) groups excluding carboxylic acids is 2. The minimum atomic E-state index is -3.59. The molecule has 0 aliphatic heterocycles. The molecule has 1 aromatic carbocycles. The Morgan fingerprint density at radius 2 is 1.89 bits per heavy atom. The summed E-state index contributed by atoms with van der Waals surface area (Å²) in [6.07, 6.45) is 2.30. The van der Waals surface area contributed by atoms with E-state index in [0.717, 1.165) is 29.7 Å². The number of thiophene rings is 1. The van der Waals surface area contributed by atoms with Gasteiger partial charge in [0.25, 0.3) is 10.0 Å². The first-order chi connectivity index (χ1) is 12.8. The van der Waals surface area contributed by atoms with Crippen LogP contribution in [0.15, 0.2) is 46.0 Å². The summed E-state index contributed by atoms with van der Waals surface area (Å²) >= 11 is 1.14. The highest BCUT2D eigenvalue weighted by molar-refractivity contribution is 7.94. The lowest BCUT2D eigenvalue weighted by Crippen LogP contribution is -2.40. The van der Waals surface area contributed by atoms with Crippen LogP contribution in [0.3, 0.4) is 0 Å². The Morgan fingerprint density at radius 3 is 2.44 bits per heavy atom. The maximum Gasteiger partial charge on any atom is 0.271 e. The molecule has 1 aliphatic carbocycles. The fourth-order valence-corrected chi connectivity index (χ4v) is 4.86. The minimum Gasteiger partial charge on any atom is -0.370 e. The topological polar surface area (TPSA) is 118 Å². The van der Waals surface area contributed by atoms with Crippen molar-refractivity contribution in [2.24, 2.45) is 11.7 Å². The molecule has 2 aromatic rings. The van der Waals surface area contributed by atoms with Crippen LogP contribution < -0.4 is 15.8 Å². The molecule has 1 aliphatic rings.